The van der Waals surface area contributed by atoms with Crippen LogP contribution in [0.2, 0.25) is 0 Å². The zero-order chi connectivity index (χ0) is 21.5. The third-order valence-electron chi connectivity index (χ3n) is 6.04. The van der Waals surface area contributed by atoms with E-state index in [1.165, 1.54) is 30.5 Å². The Morgan fingerprint density at radius 3 is 2.45 bits per heavy atom. The Morgan fingerprint density at radius 2 is 1.71 bits per heavy atom. The number of amides is 1. The zero-order valence-electron chi connectivity index (χ0n) is 17.8. The summed E-state index contributed by atoms with van der Waals surface area (Å²) in [6.07, 6.45) is 11.7. The third kappa shape index (κ3) is 5.98. The number of rotatable bonds is 7. The fraction of sp³-hybridized carbons (Fsp3) is 0.296. The van der Waals surface area contributed by atoms with E-state index in [0.29, 0.717) is 12.6 Å². The molecule has 1 heterocycles. The average Bonchev–Trinajstić information content (AvgIpc) is 3.25. The fourth-order valence-corrected chi connectivity index (χ4v) is 4.58. The lowest BCUT2D eigenvalue weighted by Crippen LogP contribution is -2.40. The molecule has 3 nitrogen and oxygen atoms in total. The SMILES string of the molecule is O=C(C=Cc1ccccc1)N(Cc1cccn1Cc1ccc(Br)cc1)C1CCCCC1. The fourth-order valence-electron chi connectivity index (χ4n) is 4.32. The lowest BCUT2D eigenvalue weighted by molar-refractivity contribution is -0.129. The summed E-state index contributed by atoms with van der Waals surface area (Å²) < 4.78 is 3.34. The highest BCUT2D eigenvalue weighted by Gasteiger charge is 2.25. The van der Waals surface area contributed by atoms with Crippen molar-refractivity contribution in [2.45, 2.75) is 51.2 Å². The highest BCUT2D eigenvalue weighted by atomic mass is 79.9. The number of carbonyl (C=O) groups is 1. The Hall–Kier alpha value is -2.59. The molecule has 0 atom stereocenters. The number of carbonyl (C=O) groups excluding carboxylic acids is 1. The van der Waals surface area contributed by atoms with Crippen LogP contribution in [0.5, 0.6) is 0 Å². The van der Waals surface area contributed by atoms with Gasteiger partial charge in [-0.2, -0.15) is 0 Å². The molecule has 31 heavy (non-hydrogen) atoms. The summed E-state index contributed by atoms with van der Waals surface area (Å²) in [7, 11) is 0. The Balaban J connectivity index is 1.52. The van der Waals surface area contributed by atoms with Gasteiger partial charge in [-0.25, -0.2) is 0 Å². The van der Waals surface area contributed by atoms with Crippen molar-refractivity contribution in [2.75, 3.05) is 0 Å². The van der Waals surface area contributed by atoms with Crippen molar-refractivity contribution in [3.05, 3.63) is 100 Å². The van der Waals surface area contributed by atoms with Crippen LogP contribution in [0.4, 0.5) is 0 Å². The van der Waals surface area contributed by atoms with Crippen molar-refractivity contribution in [2.24, 2.45) is 0 Å². The van der Waals surface area contributed by atoms with Gasteiger partial charge in [-0.05, 0) is 54.3 Å². The molecule has 2 aromatic carbocycles. The number of aromatic nitrogens is 1. The Kier molecular flexibility index (Phi) is 7.42. The maximum atomic E-state index is 13.3. The van der Waals surface area contributed by atoms with Crippen molar-refractivity contribution < 1.29 is 4.79 Å². The standard InChI is InChI=1S/C27H29BrN2O/c28-24-16-13-23(14-17-24)20-29-19-7-12-26(29)21-30(25-10-5-2-6-11-25)27(31)18-15-22-8-3-1-4-9-22/h1,3-4,7-9,12-19,25H,2,5-6,10-11,20-21H2. The normalized spacial score (nSPS) is 14.7. The molecule has 0 bridgehead atoms. The van der Waals surface area contributed by atoms with E-state index in [1.807, 2.05) is 36.4 Å². The molecule has 0 unspecified atom stereocenters. The average molecular weight is 477 g/mol. The van der Waals surface area contributed by atoms with Gasteiger partial charge in [0.1, 0.15) is 0 Å². The molecule has 160 valence electrons. The highest BCUT2D eigenvalue weighted by Crippen LogP contribution is 2.25. The summed E-state index contributed by atoms with van der Waals surface area (Å²) in [6.45, 7) is 1.45. The molecule has 0 saturated heterocycles. The van der Waals surface area contributed by atoms with Gasteiger partial charge < -0.3 is 9.47 Å². The molecule has 1 aromatic heterocycles. The Bertz CT molecular complexity index is 1000. The van der Waals surface area contributed by atoms with Crippen LogP contribution in [0.15, 0.2) is 83.5 Å². The minimum absolute atomic E-state index is 0.104. The van der Waals surface area contributed by atoms with Crippen LogP contribution in [0.1, 0.15) is 48.9 Å². The molecule has 0 radical (unpaired) electrons. The van der Waals surface area contributed by atoms with Crippen molar-refractivity contribution in [3.63, 3.8) is 0 Å². The predicted molar refractivity (Wildman–Crippen MR) is 131 cm³/mol. The minimum atomic E-state index is 0.104. The van der Waals surface area contributed by atoms with E-state index in [1.54, 1.807) is 6.08 Å². The van der Waals surface area contributed by atoms with Gasteiger partial charge >= 0.3 is 0 Å². The smallest absolute Gasteiger partial charge is 0.247 e. The van der Waals surface area contributed by atoms with Crippen LogP contribution in [0.3, 0.4) is 0 Å². The molecule has 1 aliphatic carbocycles. The summed E-state index contributed by atoms with van der Waals surface area (Å²) in [5.41, 5.74) is 3.48. The molecule has 0 N–H and O–H groups in total. The molecule has 1 saturated carbocycles. The van der Waals surface area contributed by atoms with Gasteiger partial charge in [0, 0.05) is 35.0 Å². The number of hydrogen-bond acceptors (Lipinski definition) is 1. The first-order valence-electron chi connectivity index (χ1n) is 11.1. The maximum absolute atomic E-state index is 13.3. The molecule has 4 heteroatoms. The zero-order valence-corrected chi connectivity index (χ0v) is 19.4. The van der Waals surface area contributed by atoms with Gasteiger partial charge in [0.15, 0.2) is 0 Å². The van der Waals surface area contributed by atoms with Gasteiger partial charge in [-0.15, -0.1) is 0 Å². The van der Waals surface area contributed by atoms with Gasteiger partial charge in [-0.3, -0.25) is 4.79 Å². The maximum Gasteiger partial charge on any atom is 0.247 e. The second-order valence-corrected chi connectivity index (χ2v) is 9.17. The predicted octanol–water partition coefficient (Wildman–Crippen LogP) is 6.67. The van der Waals surface area contributed by atoms with E-state index < -0.39 is 0 Å². The quantitative estimate of drug-likeness (QED) is 0.349. The lowest BCUT2D eigenvalue weighted by atomic mass is 9.94. The van der Waals surface area contributed by atoms with Crippen LogP contribution < -0.4 is 0 Å². The van der Waals surface area contributed by atoms with E-state index >= 15 is 0 Å². The molecule has 4 rings (SSSR count). The molecular weight excluding hydrogens is 448 g/mol. The van der Waals surface area contributed by atoms with E-state index in [4.69, 9.17) is 0 Å². The van der Waals surface area contributed by atoms with Crippen LogP contribution >= 0.6 is 15.9 Å². The number of nitrogens with zero attached hydrogens (tertiary/aromatic N) is 2. The lowest BCUT2D eigenvalue weighted by Gasteiger charge is -2.34. The number of halogens is 1. The van der Waals surface area contributed by atoms with Gasteiger partial charge in [0.05, 0.1) is 6.54 Å². The second-order valence-electron chi connectivity index (χ2n) is 8.26. The Morgan fingerprint density at radius 1 is 0.968 bits per heavy atom. The summed E-state index contributed by atoms with van der Waals surface area (Å²) in [5, 5.41) is 0. The molecule has 3 aromatic rings. The minimum Gasteiger partial charge on any atom is -0.345 e. The first-order chi connectivity index (χ1) is 15.2. The Labute approximate surface area is 193 Å². The van der Waals surface area contributed by atoms with Gasteiger partial charge in [0.25, 0.3) is 0 Å². The van der Waals surface area contributed by atoms with Crippen LogP contribution in [-0.4, -0.2) is 21.4 Å². The molecule has 0 spiro atoms. The van der Waals surface area contributed by atoms with Crippen molar-refractivity contribution in [1.82, 2.24) is 9.47 Å². The molecule has 1 aliphatic rings. The van der Waals surface area contributed by atoms with E-state index in [-0.39, 0.29) is 5.91 Å². The third-order valence-corrected chi connectivity index (χ3v) is 6.57. The van der Waals surface area contributed by atoms with Crippen LogP contribution in [0, 0.1) is 0 Å². The topological polar surface area (TPSA) is 25.2 Å². The van der Waals surface area contributed by atoms with Crippen LogP contribution in [-0.2, 0) is 17.9 Å². The summed E-state index contributed by atoms with van der Waals surface area (Å²) >= 11 is 3.50. The molecular formula is C27H29BrN2O. The molecule has 1 fully saturated rings. The molecule has 1 amide bonds. The molecule has 0 aliphatic heterocycles. The van der Waals surface area contributed by atoms with Crippen molar-refractivity contribution in [3.8, 4) is 0 Å². The largest absolute Gasteiger partial charge is 0.345 e. The summed E-state index contributed by atoms with van der Waals surface area (Å²) in [4.78, 5) is 15.4. The summed E-state index contributed by atoms with van der Waals surface area (Å²) in [6, 6.07) is 23.0. The van der Waals surface area contributed by atoms with E-state index in [0.717, 1.165) is 29.4 Å². The van der Waals surface area contributed by atoms with E-state index in [9.17, 15) is 4.79 Å². The van der Waals surface area contributed by atoms with Crippen molar-refractivity contribution >= 4 is 27.9 Å². The van der Waals surface area contributed by atoms with Gasteiger partial charge in [-0.1, -0.05) is 77.7 Å². The first-order valence-corrected chi connectivity index (χ1v) is 11.9. The highest BCUT2D eigenvalue weighted by molar-refractivity contribution is 9.10. The summed E-state index contributed by atoms with van der Waals surface area (Å²) in [5.74, 6) is 0.104. The van der Waals surface area contributed by atoms with Crippen molar-refractivity contribution in [1.29, 1.82) is 0 Å². The monoisotopic (exact) mass is 476 g/mol. The number of hydrogen-bond donors (Lipinski definition) is 0. The second kappa shape index (κ2) is 10.6. The van der Waals surface area contributed by atoms with Gasteiger partial charge in [0.2, 0.25) is 5.91 Å². The number of benzene rings is 2. The van der Waals surface area contributed by atoms with E-state index in [2.05, 4.69) is 68.0 Å². The first kappa shape index (κ1) is 21.6. The van der Waals surface area contributed by atoms with Crippen LogP contribution in [0.25, 0.3) is 6.08 Å².